The summed E-state index contributed by atoms with van der Waals surface area (Å²) in [5, 5.41) is 25.7. The fourth-order valence-electron chi connectivity index (χ4n) is 0.592. The van der Waals surface area contributed by atoms with E-state index in [4.69, 9.17) is 19.9 Å². The van der Waals surface area contributed by atoms with Gasteiger partial charge in [-0.15, -0.1) is 0 Å². The number of rotatable bonds is 5. The summed E-state index contributed by atoms with van der Waals surface area (Å²) in [7, 11) is -4.24. The maximum Gasteiger partial charge on any atom is 0.335 e. The molecule has 0 aromatic rings. The first-order valence-corrected chi connectivity index (χ1v) is 4.89. The summed E-state index contributed by atoms with van der Waals surface area (Å²) in [5.74, 6) is -2.44. The van der Waals surface area contributed by atoms with Crippen LogP contribution in [0.1, 0.15) is 6.42 Å². The second-order valence-corrected chi connectivity index (χ2v) is 4.00. The third-order valence-electron chi connectivity index (χ3n) is 1.29. The fourth-order valence-corrected chi connectivity index (χ4v) is 1.13. The van der Waals surface area contributed by atoms with E-state index in [9.17, 15) is 13.2 Å². The van der Waals surface area contributed by atoms with Gasteiger partial charge in [0.05, 0.1) is 11.9 Å². The zero-order valence-electron chi connectivity index (χ0n) is 6.49. The Hall–Kier alpha value is -0.700. The maximum atomic E-state index is 10.1. The molecular formula is C5H10O7S. The van der Waals surface area contributed by atoms with E-state index in [1.807, 2.05) is 0 Å². The number of hydrogen-bond acceptors (Lipinski definition) is 5. The van der Waals surface area contributed by atoms with Crippen molar-refractivity contribution in [3.8, 4) is 0 Å². The Morgan fingerprint density at radius 3 is 2.08 bits per heavy atom. The largest absolute Gasteiger partial charge is 0.479 e. The van der Waals surface area contributed by atoms with Crippen molar-refractivity contribution in [3.63, 3.8) is 0 Å². The van der Waals surface area contributed by atoms with Gasteiger partial charge < -0.3 is 15.3 Å². The van der Waals surface area contributed by atoms with Crippen LogP contribution >= 0.6 is 0 Å². The molecule has 0 aromatic heterocycles. The fraction of sp³-hybridized carbons (Fsp3) is 0.800. The molecule has 2 atom stereocenters. The molecule has 0 amide bonds. The Kier molecular flexibility index (Phi) is 4.27. The highest BCUT2D eigenvalue weighted by atomic mass is 32.2. The predicted molar refractivity (Wildman–Crippen MR) is 40.7 cm³/mol. The lowest BCUT2D eigenvalue weighted by Crippen LogP contribution is -2.34. The molecule has 0 radical (unpaired) electrons. The number of carboxylic acid groups (broad SMARTS) is 1. The minimum absolute atomic E-state index is 0.535. The van der Waals surface area contributed by atoms with Crippen LogP contribution in [0.5, 0.6) is 0 Å². The second-order valence-electron chi connectivity index (χ2n) is 2.43. The molecule has 0 saturated carbocycles. The molecule has 0 aromatic carbocycles. The molecule has 0 bridgehead atoms. The monoisotopic (exact) mass is 214 g/mol. The van der Waals surface area contributed by atoms with Crippen molar-refractivity contribution < 1.29 is 33.1 Å². The number of aliphatic hydroxyl groups excluding tert-OH is 2. The molecule has 0 saturated heterocycles. The average Bonchev–Trinajstić information content (AvgIpc) is 1.97. The summed E-state index contributed by atoms with van der Waals surface area (Å²) in [6.45, 7) is 0. The SMILES string of the molecule is O=C(O)C(O)C(O)CCS(=O)(=O)O. The first-order chi connectivity index (χ1) is 5.74. The lowest BCUT2D eigenvalue weighted by Gasteiger charge is -2.12. The van der Waals surface area contributed by atoms with Crippen LogP contribution < -0.4 is 0 Å². The second kappa shape index (κ2) is 4.51. The van der Waals surface area contributed by atoms with Gasteiger partial charge in [-0.25, -0.2) is 4.79 Å². The summed E-state index contributed by atoms with van der Waals surface area (Å²) >= 11 is 0. The summed E-state index contributed by atoms with van der Waals surface area (Å²) < 4.78 is 28.5. The zero-order chi connectivity index (χ0) is 10.6. The molecule has 0 aliphatic rings. The van der Waals surface area contributed by atoms with Crippen LogP contribution in [0.4, 0.5) is 0 Å². The summed E-state index contributed by atoms with van der Waals surface area (Å²) in [5.41, 5.74) is 0. The number of carboxylic acids is 1. The molecule has 0 aliphatic heterocycles. The van der Waals surface area contributed by atoms with Crippen molar-refractivity contribution in [3.05, 3.63) is 0 Å². The van der Waals surface area contributed by atoms with Gasteiger partial charge in [0, 0.05) is 0 Å². The summed E-state index contributed by atoms with van der Waals surface area (Å²) in [4.78, 5) is 10.0. The molecule has 0 heterocycles. The minimum Gasteiger partial charge on any atom is -0.479 e. The normalized spacial score (nSPS) is 16.5. The van der Waals surface area contributed by atoms with Crippen LogP contribution in [0.25, 0.3) is 0 Å². The summed E-state index contributed by atoms with van der Waals surface area (Å²) in [6.07, 6.45) is -4.28. The van der Waals surface area contributed by atoms with Crippen LogP contribution in [0.3, 0.4) is 0 Å². The van der Waals surface area contributed by atoms with Gasteiger partial charge in [-0.05, 0) is 6.42 Å². The van der Waals surface area contributed by atoms with E-state index in [2.05, 4.69) is 0 Å². The molecule has 78 valence electrons. The van der Waals surface area contributed by atoms with Crippen molar-refractivity contribution in [1.29, 1.82) is 0 Å². The smallest absolute Gasteiger partial charge is 0.335 e. The molecule has 0 spiro atoms. The Morgan fingerprint density at radius 1 is 1.31 bits per heavy atom. The minimum atomic E-state index is -4.24. The highest BCUT2D eigenvalue weighted by molar-refractivity contribution is 7.85. The first-order valence-electron chi connectivity index (χ1n) is 3.28. The molecule has 4 N–H and O–H groups in total. The van der Waals surface area contributed by atoms with E-state index in [-0.39, 0.29) is 0 Å². The molecule has 7 nitrogen and oxygen atoms in total. The molecule has 0 aliphatic carbocycles. The number of carbonyl (C=O) groups is 1. The number of aliphatic hydroxyl groups is 2. The van der Waals surface area contributed by atoms with Crippen LogP contribution in [0.15, 0.2) is 0 Å². The van der Waals surface area contributed by atoms with Crippen LogP contribution in [-0.4, -0.2) is 52.2 Å². The van der Waals surface area contributed by atoms with Crippen LogP contribution in [-0.2, 0) is 14.9 Å². The van der Waals surface area contributed by atoms with E-state index in [0.717, 1.165) is 0 Å². The van der Waals surface area contributed by atoms with E-state index >= 15 is 0 Å². The number of aliphatic carboxylic acids is 1. The third-order valence-corrected chi connectivity index (χ3v) is 2.04. The lowest BCUT2D eigenvalue weighted by atomic mass is 10.1. The van der Waals surface area contributed by atoms with Gasteiger partial charge in [0.15, 0.2) is 6.10 Å². The van der Waals surface area contributed by atoms with Gasteiger partial charge >= 0.3 is 5.97 Å². The standard InChI is InChI=1S/C5H10O7S/c6-3(4(7)5(8)9)1-2-13(10,11)12/h3-4,6-7H,1-2H2,(H,8,9)(H,10,11,12). The lowest BCUT2D eigenvalue weighted by molar-refractivity contribution is -0.152. The van der Waals surface area contributed by atoms with Gasteiger partial charge in [-0.2, -0.15) is 8.42 Å². The van der Waals surface area contributed by atoms with E-state index in [0.29, 0.717) is 0 Å². The molecule has 0 fully saturated rings. The van der Waals surface area contributed by atoms with Crippen molar-refractivity contribution in [2.75, 3.05) is 5.75 Å². The molecule has 8 heteroatoms. The van der Waals surface area contributed by atoms with Crippen molar-refractivity contribution in [2.24, 2.45) is 0 Å². The van der Waals surface area contributed by atoms with Crippen LogP contribution in [0.2, 0.25) is 0 Å². The highest BCUT2D eigenvalue weighted by Gasteiger charge is 2.24. The highest BCUT2D eigenvalue weighted by Crippen LogP contribution is 2.01. The van der Waals surface area contributed by atoms with Crippen molar-refractivity contribution in [2.45, 2.75) is 18.6 Å². The Labute approximate surface area is 74.4 Å². The molecule has 2 unspecified atom stereocenters. The average molecular weight is 214 g/mol. The van der Waals surface area contributed by atoms with Crippen molar-refractivity contribution in [1.82, 2.24) is 0 Å². The van der Waals surface area contributed by atoms with Crippen molar-refractivity contribution >= 4 is 16.1 Å². The Morgan fingerprint density at radius 2 is 1.77 bits per heavy atom. The van der Waals surface area contributed by atoms with Gasteiger partial charge in [-0.1, -0.05) is 0 Å². The van der Waals surface area contributed by atoms with Crippen LogP contribution in [0, 0.1) is 0 Å². The maximum absolute atomic E-state index is 10.1. The first kappa shape index (κ1) is 12.3. The van der Waals surface area contributed by atoms with Gasteiger partial charge in [-0.3, -0.25) is 4.55 Å². The quantitative estimate of drug-likeness (QED) is 0.392. The zero-order valence-corrected chi connectivity index (χ0v) is 7.31. The topological polar surface area (TPSA) is 132 Å². The van der Waals surface area contributed by atoms with Gasteiger partial charge in [0.2, 0.25) is 0 Å². The van der Waals surface area contributed by atoms with E-state index in [1.54, 1.807) is 0 Å². The number of hydrogen-bond donors (Lipinski definition) is 4. The van der Waals surface area contributed by atoms with Gasteiger partial charge in [0.25, 0.3) is 10.1 Å². The van der Waals surface area contributed by atoms with E-state index in [1.165, 1.54) is 0 Å². The molecular weight excluding hydrogens is 204 g/mol. The van der Waals surface area contributed by atoms with E-state index < -0.39 is 40.5 Å². The molecule has 13 heavy (non-hydrogen) atoms. The summed E-state index contributed by atoms with van der Waals surface area (Å²) in [6, 6.07) is 0. The predicted octanol–water partition coefficient (Wildman–Crippen LogP) is -1.93. The van der Waals surface area contributed by atoms with Gasteiger partial charge in [0.1, 0.15) is 0 Å². The third kappa shape index (κ3) is 5.53. The molecule has 0 rings (SSSR count). The Bertz CT molecular complexity index is 269. The Balaban J connectivity index is 4.02.